The first-order chi connectivity index (χ1) is 8.49. The van der Waals surface area contributed by atoms with E-state index in [2.05, 4.69) is 10.1 Å². The number of ketones is 1. The molecule has 5 nitrogen and oxygen atoms in total. The third kappa shape index (κ3) is 2.47. The smallest absolute Gasteiger partial charge is 0.170 e. The molecule has 2 rings (SSSR count). The number of nitrogens with zero attached hydrogens (tertiary/aromatic N) is 3. The second kappa shape index (κ2) is 4.96. The highest BCUT2D eigenvalue weighted by molar-refractivity contribution is 6.39. The van der Waals surface area contributed by atoms with Crippen LogP contribution in [-0.4, -0.2) is 20.5 Å². The van der Waals surface area contributed by atoms with Crippen molar-refractivity contribution >= 4 is 34.7 Å². The number of carbonyl (C=O) groups excluding carboxylic acids is 1. The Morgan fingerprint density at radius 3 is 2.50 bits per heavy atom. The van der Waals surface area contributed by atoms with Crippen molar-refractivity contribution in [3.63, 3.8) is 0 Å². The molecular formula is C11H10Cl2N4O. The molecule has 94 valence electrons. The summed E-state index contributed by atoms with van der Waals surface area (Å²) in [6.07, 6.45) is 1.53. The van der Waals surface area contributed by atoms with E-state index in [1.54, 1.807) is 11.7 Å². The molecule has 1 heterocycles. The standard InChI is InChI=1S/C11H10Cl2N4O/c1-17-10(15-5-16-17)4-9(18)6-2-7(12)11(14)8(13)3-6/h2-3,5H,4,14H2,1H3. The van der Waals surface area contributed by atoms with Gasteiger partial charge in [-0.1, -0.05) is 23.2 Å². The number of nitrogens with two attached hydrogens (primary N) is 1. The first-order valence-corrected chi connectivity index (χ1v) is 5.85. The second-order valence-electron chi connectivity index (χ2n) is 3.75. The number of Topliss-reactive ketones (excluding diaryl/α,β-unsaturated/α-hetero) is 1. The van der Waals surface area contributed by atoms with Crippen LogP contribution < -0.4 is 5.73 Å². The molecule has 2 N–H and O–H groups in total. The van der Waals surface area contributed by atoms with Crippen molar-refractivity contribution in [1.29, 1.82) is 0 Å². The summed E-state index contributed by atoms with van der Waals surface area (Å²) in [6.45, 7) is 0. The molecule has 0 amide bonds. The fraction of sp³-hybridized carbons (Fsp3) is 0.182. The lowest BCUT2D eigenvalue weighted by Crippen LogP contribution is -2.09. The maximum Gasteiger partial charge on any atom is 0.170 e. The van der Waals surface area contributed by atoms with E-state index in [1.807, 2.05) is 0 Å². The Labute approximate surface area is 114 Å². The minimum atomic E-state index is -0.144. The van der Waals surface area contributed by atoms with E-state index in [9.17, 15) is 4.79 Å². The van der Waals surface area contributed by atoms with Gasteiger partial charge in [0.25, 0.3) is 0 Å². The predicted octanol–water partition coefficient (Wildman–Crippen LogP) is 2.13. The summed E-state index contributed by atoms with van der Waals surface area (Å²) < 4.78 is 1.54. The van der Waals surface area contributed by atoms with Gasteiger partial charge in [-0.3, -0.25) is 9.48 Å². The third-order valence-corrected chi connectivity index (χ3v) is 3.15. The van der Waals surface area contributed by atoms with E-state index in [0.717, 1.165) is 0 Å². The van der Waals surface area contributed by atoms with E-state index in [4.69, 9.17) is 28.9 Å². The van der Waals surface area contributed by atoms with Crippen molar-refractivity contribution in [2.45, 2.75) is 6.42 Å². The van der Waals surface area contributed by atoms with Gasteiger partial charge in [-0.25, -0.2) is 4.98 Å². The Kier molecular flexibility index (Phi) is 3.54. The van der Waals surface area contributed by atoms with Crippen LogP contribution in [0.2, 0.25) is 10.0 Å². The van der Waals surface area contributed by atoms with Crippen LogP contribution in [0.5, 0.6) is 0 Å². The number of aryl methyl sites for hydroxylation is 1. The Bertz CT molecular complexity index is 586. The van der Waals surface area contributed by atoms with E-state index < -0.39 is 0 Å². The van der Waals surface area contributed by atoms with Crippen LogP contribution in [0.15, 0.2) is 18.5 Å². The van der Waals surface area contributed by atoms with Crippen LogP contribution in [0.1, 0.15) is 16.2 Å². The zero-order chi connectivity index (χ0) is 13.3. The van der Waals surface area contributed by atoms with Crippen LogP contribution in [-0.2, 0) is 13.5 Å². The lowest BCUT2D eigenvalue weighted by Gasteiger charge is -2.05. The van der Waals surface area contributed by atoms with Crippen LogP contribution in [0.3, 0.4) is 0 Å². The zero-order valence-electron chi connectivity index (χ0n) is 9.52. The Morgan fingerprint density at radius 2 is 2.00 bits per heavy atom. The van der Waals surface area contributed by atoms with Crippen LogP contribution >= 0.6 is 23.2 Å². The number of halogens is 2. The summed E-state index contributed by atoms with van der Waals surface area (Å²) in [5, 5.41) is 4.43. The van der Waals surface area contributed by atoms with Gasteiger partial charge in [-0.15, -0.1) is 0 Å². The van der Waals surface area contributed by atoms with E-state index in [0.29, 0.717) is 11.4 Å². The molecule has 0 saturated carbocycles. The topological polar surface area (TPSA) is 73.8 Å². The van der Waals surface area contributed by atoms with Crippen LogP contribution in [0.25, 0.3) is 0 Å². The van der Waals surface area contributed by atoms with Gasteiger partial charge in [0.05, 0.1) is 22.2 Å². The fourth-order valence-electron chi connectivity index (χ4n) is 1.47. The maximum atomic E-state index is 12.0. The van der Waals surface area contributed by atoms with Gasteiger partial charge in [-0.2, -0.15) is 5.10 Å². The number of anilines is 1. The Morgan fingerprint density at radius 1 is 1.39 bits per heavy atom. The molecule has 0 aliphatic rings. The summed E-state index contributed by atoms with van der Waals surface area (Å²) in [7, 11) is 1.72. The predicted molar refractivity (Wildman–Crippen MR) is 69.9 cm³/mol. The molecule has 0 radical (unpaired) electrons. The van der Waals surface area contributed by atoms with Crippen molar-refractivity contribution in [2.24, 2.45) is 7.05 Å². The third-order valence-electron chi connectivity index (χ3n) is 2.52. The molecule has 0 fully saturated rings. The highest BCUT2D eigenvalue weighted by atomic mass is 35.5. The second-order valence-corrected chi connectivity index (χ2v) is 4.57. The first-order valence-electron chi connectivity index (χ1n) is 5.09. The number of hydrogen-bond acceptors (Lipinski definition) is 4. The number of rotatable bonds is 3. The fourth-order valence-corrected chi connectivity index (χ4v) is 1.96. The average Bonchev–Trinajstić information content (AvgIpc) is 2.71. The molecule has 0 saturated heterocycles. The molecular weight excluding hydrogens is 275 g/mol. The quantitative estimate of drug-likeness (QED) is 0.692. The zero-order valence-corrected chi connectivity index (χ0v) is 11.0. The number of nitrogen functional groups attached to an aromatic ring is 1. The summed E-state index contributed by atoms with van der Waals surface area (Å²) in [4.78, 5) is 16.0. The molecule has 0 bridgehead atoms. The highest BCUT2D eigenvalue weighted by Crippen LogP contribution is 2.29. The number of hydrogen-bond donors (Lipinski definition) is 1. The highest BCUT2D eigenvalue weighted by Gasteiger charge is 2.14. The van der Waals surface area contributed by atoms with Gasteiger partial charge < -0.3 is 5.73 Å². The van der Waals surface area contributed by atoms with E-state index in [-0.39, 0.29) is 27.9 Å². The molecule has 1 aromatic heterocycles. The largest absolute Gasteiger partial charge is 0.396 e. The van der Waals surface area contributed by atoms with Gasteiger partial charge in [0.1, 0.15) is 12.2 Å². The van der Waals surface area contributed by atoms with Crippen LogP contribution in [0, 0.1) is 0 Å². The van der Waals surface area contributed by atoms with Crippen molar-refractivity contribution < 1.29 is 4.79 Å². The summed E-state index contributed by atoms with van der Waals surface area (Å²) in [5.41, 5.74) is 6.29. The molecule has 0 atom stereocenters. The monoisotopic (exact) mass is 284 g/mol. The summed E-state index contributed by atoms with van der Waals surface area (Å²) in [5.74, 6) is 0.430. The number of benzene rings is 1. The van der Waals surface area contributed by atoms with Gasteiger partial charge in [0.2, 0.25) is 0 Å². The summed E-state index contributed by atoms with van der Waals surface area (Å²) in [6, 6.07) is 3.00. The summed E-state index contributed by atoms with van der Waals surface area (Å²) >= 11 is 11.8. The van der Waals surface area contributed by atoms with Gasteiger partial charge in [-0.05, 0) is 12.1 Å². The van der Waals surface area contributed by atoms with Crippen molar-refractivity contribution in [2.75, 3.05) is 5.73 Å². The Balaban J connectivity index is 2.27. The van der Waals surface area contributed by atoms with Crippen molar-refractivity contribution in [1.82, 2.24) is 14.8 Å². The minimum Gasteiger partial charge on any atom is -0.396 e. The SMILES string of the molecule is Cn1ncnc1CC(=O)c1cc(Cl)c(N)c(Cl)c1. The normalized spacial score (nSPS) is 10.6. The average molecular weight is 285 g/mol. The van der Waals surface area contributed by atoms with Crippen molar-refractivity contribution in [3.8, 4) is 0 Å². The molecule has 0 aliphatic heterocycles. The molecule has 1 aromatic carbocycles. The molecule has 2 aromatic rings. The van der Waals surface area contributed by atoms with Crippen molar-refractivity contribution in [3.05, 3.63) is 39.9 Å². The first kappa shape index (κ1) is 12.9. The molecule has 18 heavy (non-hydrogen) atoms. The lowest BCUT2D eigenvalue weighted by molar-refractivity contribution is 0.0989. The minimum absolute atomic E-state index is 0.132. The molecule has 0 aliphatic carbocycles. The van der Waals surface area contributed by atoms with Gasteiger partial charge in [0.15, 0.2) is 5.78 Å². The van der Waals surface area contributed by atoms with E-state index >= 15 is 0 Å². The van der Waals surface area contributed by atoms with Gasteiger partial charge >= 0.3 is 0 Å². The molecule has 0 unspecified atom stereocenters. The van der Waals surface area contributed by atoms with Crippen LogP contribution in [0.4, 0.5) is 5.69 Å². The number of aromatic nitrogens is 3. The lowest BCUT2D eigenvalue weighted by atomic mass is 10.1. The molecule has 0 spiro atoms. The number of carbonyl (C=O) groups is 1. The van der Waals surface area contributed by atoms with E-state index in [1.165, 1.54) is 18.5 Å². The van der Waals surface area contributed by atoms with Gasteiger partial charge in [0, 0.05) is 12.6 Å². The maximum absolute atomic E-state index is 12.0. The molecule has 7 heteroatoms. The Hall–Kier alpha value is -1.59.